The molecule has 1 saturated heterocycles. The maximum atomic E-state index is 13.2. The number of likely N-dealkylation sites (tertiary alicyclic amines) is 1. The predicted molar refractivity (Wildman–Crippen MR) is 165 cm³/mol. The summed E-state index contributed by atoms with van der Waals surface area (Å²) in [6.07, 6.45) is 12.5. The quantitative estimate of drug-likeness (QED) is 0.202. The number of fused-ring (bicyclic) bond motifs is 2. The van der Waals surface area contributed by atoms with Gasteiger partial charge in [0.05, 0.1) is 12.1 Å². The Morgan fingerprint density at radius 2 is 1.88 bits per heavy atom. The Labute approximate surface area is 246 Å². The maximum Gasteiger partial charge on any atom is 0.311 e. The number of carbonyl (C=O) groups excluding carboxylic acids is 1. The SMILES string of the molecule is C#CCN1CCC2=C(C1)c1c(OC(=O)CCCN3CCCCC3)cc(-c3ccccc3CC)cc1OC2(C)C.Cl. The van der Waals surface area contributed by atoms with Gasteiger partial charge in [-0.2, -0.15) is 0 Å². The van der Waals surface area contributed by atoms with Gasteiger partial charge in [-0.05, 0) is 106 Å². The molecule has 0 bridgehead atoms. The molecule has 3 heterocycles. The Bertz CT molecular complexity index is 1290. The van der Waals surface area contributed by atoms with Crippen molar-refractivity contribution < 1.29 is 14.3 Å². The Hall–Kier alpha value is -2.78. The first-order valence-corrected chi connectivity index (χ1v) is 14.7. The highest BCUT2D eigenvalue weighted by Crippen LogP contribution is 2.50. The summed E-state index contributed by atoms with van der Waals surface area (Å²) in [4.78, 5) is 18.0. The first kappa shape index (κ1) is 30.2. The fourth-order valence-corrected chi connectivity index (χ4v) is 6.43. The van der Waals surface area contributed by atoms with E-state index in [0.29, 0.717) is 18.7 Å². The van der Waals surface area contributed by atoms with E-state index in [0.717, 1.165) is 74.4 Å². The van der Waals surface area contributed by atoms with Crippen molar-refractivity contribution >= 4 is 23.9 Å². The van der Waals surface area contributed by atoms with Crippen LogP contribution in [-0.4, -0.2) is 60.6 Å². The van der Waals surface area contributed by atoms with Gasteiger partial charge in [-0.15, -0.1) is 18.8 Å². The van der Waals surface area contributed by atoms with Crippen molar-refractivity contribution in [1.82, 2.24) is 9.80 Å². The lowest BCUT2D eigenvalue weighted by Crippen LogP contribution is -2.42. The van der Waals surface area contributed by atoms with Crippen molar-refractivity contribution in [3.63, 3.8) is 0 Å². The lowest BCUT2D eigenvalue weighted by atomic mass is 9.81. The summed E-state index contributed by atoms with van der Waals surface area (Å²) in [7, 11) is 0. The molecule has 40 heavy (non-hydrogen) atoms. The first-order valence-electron chi connectivity index (χ1n) is 14.7. The van der Waals surface area contributed by atoms with Gasteiger partial charge in [0.15, 0.2) is 0 Å². The molecule has 6 heteroatoms. The highest BCUT2D eigenvalue weighted by molar-refractivity contribution is 5.87. The first-order chi connectivity index (χ1) is 18.9. The van der Waals surface area contributed by atoms with Gasteiger partial charge >= 0.3 is 5.97 Å². The van der Waals surface area contributed by atoms with Gasteiger partial charge in [-0.3, -0.25) is 9.69 Å². The Morgan fingerprint density at radius 1 is 1.10 bits per heavy atom. The number of halogens is 1. The molecular formula is C34H43ClN2O3. The predicted octanol–water partition coefficient (Wildman–Crippen LogP) is 6.77. The largest absolute Gasteiger partial charge is 0.483 e. The minimum atomic E-state index is -0.441. The Balaban J connectivity index is 0.00000370. The lowest BCUT2D eigenvalue weighted by Gasteiger charge is -2.42. The molecule has 0 aromatic heterocycles. The van der Waals surface area contributed by atoms with Gasteiger partial charge in [0.2, 0.25) is 0 Å². The van der Waals surface area contributed by atoms with Crippen LogP contribution in [0.15, 0.2) is 42.0 Å². The number of hydrogen-bond acceptors (Lipinski definition) is 5. The standard InChI is InChI=1S/C34H42N2O3.ClH/c1-5-17-36-21-16-29-28(24-36)33-30(38-32(37)15-12-20-35-18-10-7-11-19-35)22-26(23-31(33)39-34(29,3)4)27-14-9-8-13-25(27)6-2;/h1,8-9,13-14,22-23H,6-7,10-12,15-21,24H2,2-4H3;1H. The van der Waals surface area contributed by atoms with Crippen LogP contribution in [-0.2, 0) is 11.2 Å². The van der Waals surface area contributed by atoms with Crippen molar-refractivity contribution in [2.45, 2.75) is 71.3 Å². The smallest absolute Gasteiger partial charge is 0.311 e. The molecule has 0 aliphatic carbocycles. The molecular weight excluding hydrogens is 520 g/mol. The summed E-state index contributed by atoms with van der Waals surface area (Å²) < 4.78 is 12.9. The molecule has 0 atom stereocenters. The maximum absolute atomic E-state index is 13.2. The second kappa shape index (κ2) is 13.3. The van der Waals surface area contributed by atoms with Gasteiger partial charge in [0.1, 0.15) is 17.1 Å². The number of rotatable bonds is 8. The van der Waals surface area contributed by atoms with Crippen LogP contribution in [0.25, 0.3) is 16.7 Å². The monoisotopic (exact) mass is 562 g/mol. The molecule has 2 aromatic carbocycles. The van der Waals surface area contributed by atoms with E-state index in [4.69, 9.17) is 15.9 Å². The van der Waals surface area contributed by atoms with Crippen LogP contribution < -0.4 is 9.47 Å². The number of ether oxygens (including phenoxy) is 2. The third-order valence-electron chi connectivity index (χ3n) is 8.44. The van der Waals surface area contributed by atoms with E-state index in [2.05, 4.69) is 66.8 Å². The fraction of sp³-hybridized carbons (Fsp3) is 0.500. The number of aryl methyl sites for hydroxylation is 1. The highest BCUT2D eigenvalue weighted by Gasteiger charge is 2.39. The van der Waals surface area contributed by atoms with Crippen molar-refractivity contribution in [3.8, 4) is 35.0 Å². The van der Waals surface area contributed by atoms with E-state index in [9.17, 15) is 4.79 Å². The zero-order valence-corrected chi connectivity index (χ0v) is 25.1. The van der Waals surface area contributed by atoms with E-state index >= 15 is 0 Å². The van der Waals surface area contributed by atoms with Crippen LogP contribution in [0, 0.1) is 12.3 Å². The van der Waals surface area contributed by atoms with Crippen molar-refractivity contribution in [2.75, 3.05) is 39.3 Å². The zero-order valence-electron chi connectivity index (χ0n) is 24.3. The van der Waals surface area contributed by atoms with Gasteiger partial charge in [0, 0.05) is 19.5 Å². The molecule has 0 saturated carbocycles. The van der Waals surface area contributed by atoms with E-state index < -0.39 is 5.60 Å². The summed E-state index contributed by atoms with van der Waals surface area (Å²) >= 11 is 0. The fourth-order valence-electron chi connectivity index (χ4n) is 6.43. The van der Waals surface area contributed by atoms with Crippen molar-refractivity contribution in [2.24, 2.45) is 0 Å². The molecule has 0 spiro atoms. The second-order valence-corrected chi connectivity index (χ2v) is 11.6. The zero-order chi connectivity index (χ0) is 27.4. The number of carbonyl (C=O) groups is 1. The molecule has 5 rings (SSSR count). The molecule has 1 fully saturated rings. The third-order valence-corrected chi connectivity index (χ3v) is 8.44. The number of terminal acetylenes is 1. The van der Waals surface area contributed by atoms with Gasteiger partial charge < -0.3 is 14.4 Å². The Kier molecular flexibility index (Phi) is 10.0. The average molecular weight is 563 g/mol. The second-order valence-electron chi connectivity index (χ2n) is 11.6. The van der Waals surface area contributed by atoms with E-state index in [1.807, 2.05) is 6.07 Å². The van der Waals surface area contributed by atoms with E-state index in [-0.39, 0.29) is 18.4 Å². The molecule has 3 aliphatic heterocycles. The number of benzene rings is 2. The van der Waals surface area contributed by atoms with Crippen LogP contribution in [0.4, 0.5) is 0 Å². The molecule has 3 aliphatic rings. The summed E-state index contributed by atoms with van der Waals surface area (Å²) in [5.74, 6) is 4.00. The summed E-state index contributed by atoms with van der Waals surface area (Å²) in [5, 5.41) is 0. The summed E-state index contributed by atoms with van der Waals surface area (Å²) in [6.45, 7) is 11.9. The van der Waals surface area contributed by atoms with Crippen LogP contribution in [0.5, 0.6) is 11.5 Å². The molecule has 0 unspecified atom stereocenters. The average Bonchev–Trinajstić information content (AvgIpc) is 2.93. The molecule has 0 radical (unpaired) electrons. The molecule has 2 aromatic rings. The number of piperidine rings is 1. The number of esters is 1. The molecule has 214 valence electrons. The minimum absolute atomic E-state index is 0. The van der Waals surface area contributed by atoms with E-state index in [1.165, 1.54) is 36.0 Å². The Morgan fingerprint density at radius 3 is 2.62 bits per heavy atom. The molecule has 0 amide bonds. The van der Waals surface area contributed by atoms with Gasteiger partial charge in [-0.25, -0.2) is 0 Å². The van der Waals surface area contributed by atoms with Crippen LogP contribution >= 0.6 is 12.4 Å². The van der Waals surface area contributed by atoms with Crippen LogP contribution in [0.3, 0.4) is 0 Å². The molecule has 5 nitrogen and oxygen atoms in total. The van der Waals surface area contributed by atoms with Crippen molar-refractivity contribution in [1.29, 1.82) is 0 Å². The topological polar surface area (TPSA) is 42.0 Å². The van der Waals surface area contributed by atoms with Crippen molar-refractivity contribution in [3.05, 3.63) is 53.1 Å². The summed E-state index contributed by atoms with van der Waals surface area (Å²) in [5.41, 5.74) is 6.34. The minimum Gasteiger partial charge on any atom is -0.483 e. The van der Waals surface area contributed by atoms with Gasteiger partial charge in [0.25, 0.3) is 0 Å². The van der Waals surface area contributed by atoms with E-state index in [1.54, 1.807) is 0 Å². The van der Waals surface area contributed by atoms with Gasteiger partial charge in [-0.1, -0.05) is 43.5 Å². The third kappa shape index (κ3) is 6.57. The molecule has 0 N–H and O–H groups in total. The highest BCUT2D eigenvalue weighted by atomic mass is 35.5. The van der Waals surface area contributed by atoms with Crippen LogP contribution in [0.1, 0.15) is 70.4 Å². The lowest BCUT2D eigenvalue weighted by molar-refractivity contribution is -0.134. The summed E-state index contributed by atoms with van der Waals surface area (Å²) in [6, 6.07) is 12.6. The normalized spacial score (nSPS) is 18.6. The number of hydrogen-bond donors (Lipinski definition) is 0. The van der Waals surface area contributed by atoms with Crippen LogP contribution in [0.2, 0.25) is 0 Å². The number of nitrogens with zero attached hydrogens (tertiary/aromatic N) is 2.